The average Bonchev–Trinajstić information content (AvgIpc) is 2.44. The van der Waals surface area contributed by atoms with Gasteiger partial charge in [0.05, 0.1) is 0 Å². The number of ether oxygens (including phenoxy) is 1. The molecule has 1 aliphatic heterocycles. The molecule has 1 unspecified atom stereocenters. The lowest BCUT2D eigenvalue weighted by molar-refractivity contribution is -0.133. The molecule has 1 aromatic rings. The maximum absolute atomic E-state index is 11.6. The van der Waals surface area contributed by atoms with E-state index in [9.17, 15) is 9.59 Å². The van der Waals surface area contributed by atoms with Crippen LogP contribution in [0.4, 0.5) is 0 Å². The van der Waals surface area contributed by atoms with E-state index >= 15 is 0 Å². The Morgan fingerprint density at radius 1 is 1.24 bits per heavy atom. The second-order valence-electron chi connectivity index (χ2n) is 3.87. The van der Waals surface area contributed by atoms with Crippen molar-refractivity contribution in [2.75, 3.05) is 0 Å². The van der Waals surface area contributed by atoms with Gasteiger partial charge in [0, 0.05) is 10.9 Å². The maximum Gasteiger partial charge on any atom is 0.267 e. The summed E-state index contributed by atoms with van der Waals surface area (Å²) in [7, 11) is 0. The first kappa shape index (κ1) is 12.1. The molecule has 1 saturated heterocycles. The van der Waals surface area contributed by atoms with Crippen LogP contribution in [-0.2, 0) is 9.59 Å². The van der Waals surface area contributed by atoms with Gasteiger partial charge in [0.1, 0.15) is 5.75 Å². The molecule has 0 bridgehead atoms. The number of rotatable bonds is 2. The first-order valence-corrected chi connectivity index (χ1v) is 6.20. The minimum Gasteiger partial charge on any atom is -0.481 e. The molecule has 1 atom stereocenters. The number of carbonyl (C=O) groups excluding carboxylic acids is 2. The molecule has 0 aromatic heterocycles. The number of imide groups is 1. The fourth-order valence-corrected chi connectivity index (χ4v) is 1.91. The van der Waals surface area contributed by atoms with Crippen molar-refractivity contribution in [2.24, 2.45) is 0 Å². The van der Waals surface area contributed by atoms with Crippen molar-refractivity contribution < 1.29 is 14.3 Å². The molecule has 0 radical (unpaired) electrons. The van der Waals surface area contributed by atoms with Crippen molar-refractivity contribution in [1.82, 2.24) is 5.32 Å². The molecule has 17 heavy (non-hydrogen) atoms. The Kier molecular flexibility index (Phi) is 3.78. The van der Waals surface area contributed by atoms with Gasteiger partial charge in [-0.1, -0.05) is 15.9 Å². The van der Waals surface area contributed by atoms with Gasteiger partial charge in [-0.3, -0.25) is 14.9 Å². The van der Waals surface area contributed by atoms with Crippen molar-refractivity contribution in [1.29, 1.82) is 0 Å². The summed E-state index contributed by atoms with van der Waals surface area (Å²) in [5, 5.41) is 2.31. The Morgan fingerprint density at radius 3 is 2.65 bits per heavy atom. The van der Waals surface area contributed by atoms with E-state index in [4.69, 9.17) is 4.74 Å². The molecule has 1 N–H and O–H groups in total. The van der Waals surface area contributed by atoms with Gasteiger partial charge in [-0.15, -0.1) is 0 Å². The lowest BCUT2D eigenvalue weighted by Crippen LogP contribution is -2.38. The molecule has 4 nitrogen and oxygen atoms in total. The van der Waals surface area contributed by atoms with E-state index in [2.05, 4.69) is 21.2 Å². The largest absolute Gasteiger partial charge is 0.481 e. The smallest absolute Gasteiger partial charge is 0.267 e. The number of carbonyl (C=O) groups is 2. The number of hydrogen-bond acceptors (Lipinski definition) is 3. The highest BCUT2D eigenvalue weighted by atomic mass is 79.9. The standard InChI is InChI=1S/C12H12BrNO3/c13-8-4-6-9(7-5-8)17-10-2-1-3-11(15)14-12(10)16/h4-7,10H,1-3H2,(H,14,15,16). The zero-order valence-electron chi connectivity index (χ0n) is 9.11. The minimum atomic E-state index is -0.581. The van der Waals surface area contributed by atoms with E-state index < -0.39 is 6.10 Å². The van der Waals surface area contributed by atoms with Crippen LogP contribution in [0.3, 0.4) is 0 Å². The van der Waals surface area contributed by atoms with Crippen molar-refractivity contribution >= 4 is 27.7 Å². The zero-order chi connectivity index (χ0) is 12.3. The molecule has 1 heterocycles. The predicted molar refractivity (Wildman–Crippen MR) is 65.6 cm³/mol. The monoisotopic (exact) mass is 297 g/mol. The average molecular weight is 298 g/mol. The SMILES string of the molecule is O=C1CCCC(Oc2ccc(Br)cc2)C(=O)N1. The third-order valence-electron chi connectivity index (χ3n) is 2.52. The zero-order valence-corrected chi connectivity index (χ0v) is 10.7. The van der Waals surface area contributed by atoms with Gasteiger partial charge < -0.3 is 4.74 Å². The van der Waals surface area contributed by atoms with Crippen LogP contribution in [0.1, 0.15) is 19.3 Å². The summed E-state index contributed by atoms with van der Waals surface area (Å²) in [6.45, 7) is 0. The summed E-state index contributed by atoms with van der Waals surface area (Å²) >= 11 is 3.32. The van der Waals surface area contributed by atoms with E-state index in [1.165, 1.54) is 0 Å². The summed E-state index contributed by atoms with van der Waals surface area (Å²) < 4.78 is 6.52. The number of halogens is 1. The number of nitrogens with one attached hydrogen (secondary N) is 1. The van der Waals surface area contributed by atoms with Gasteiger partial charge in [-0.2, -0.15) is 0 Å². The van der Waals surface area contributed by atoms with Crippen molar-refractivity contribution in [3.8, 4) is 5.75 Å². The normalized spacial score (nSPS) is 20.6. The van der Waals surface area contributed by atoms with Crippen LogP contribution in [0.5, 0.6) is 5.75 Å². The van der Waals surface area contributed by atoms with E-state index in [0.29, 0.717) is 25.0 Å². The highest BCUT2D eigenvalue weighted by Gasteiger charge is 2.25. The Labute approximate surface area is 107 Å². The van der Waals surface area contributed by atoms with Crippen molar-refractivity contribution in [3.63, 3.8) is 0 Å². The molecule has 0 saturated carbocycles. The fourth-order valence-electron chi connectivity index (χ4n) is 1.65. The van der Waals surface area contributed by atoms with E-state index in [-0.39, 0.29) is 11.8 Å². The van der Waals surface area contributed by atoms with Crippen LogP contribution in [0.25, 0.3) is 0 Å². The molecule has 0 aliphatic carbocycles. The number of hydrogen-bond donors (Lipinski definition) is 1. The van der Waals surface area contributed by atoms with Gasteiger partial charge in [-0.25, -0.2) is 0 Å². The third kappa shape index (κ3) is 3.30. The van der Waals surface area contributed by atoms with Crippen LogP contribution in [0.15, 0.2) is 28.7 Å². The molecule has 5 heteroatoms. The van der Waals surface area contributed by atoms with Gasteiger partial charge in [0.15, 0.2) is 6.10 Å². The first-order chi connectivity index (χ1) is 8.15. The van der Waals surface area contributed by atoms with Crippen LogP contribution in [-0.4, -0.2) is 17.9 Å². The van der Waals surface area contributed by atoms with Gasteiger partial charge in [0.2, 0.25) is 5.91 Å². The molecule has 1 fully saturated rings. The van der Waals surface area contributed by atoms with E-state index in [0.717, 1.165) is 4.47 Å². The Bertz CT molecular complexity index is 430. The molecule has 2 amide bonds. The summed E-state index contributed by atoms with van der Waals surface area (Å²) in [5.74, 6) is 0.0509. The Hall–Kier alpha value is -1.36. The summed E-state index contributed by atoms with van der Waals surface area (Å²) in [5.41, 5.74) is 0. The van der Waals surface area contributed by atoms with Gasteiger partial charge in [0.25, 0.3) is 5.91 Å². The number of amides is 2. The van der Waals surface area contributed by atoms with Crippen LogP contribution >= 0.6 is 15.9 Å². The molecule has 1 aliphatic rings. The summed E-state index contributed by atoms with van der Waals surface area (Å²) in [6, 6.07) is 7.25. The summed E-state index contributed by atoms with van der Waals surface area (Å²) in [4.78, 5) is 22.8. The lowest BCUT2D eigenvalue weighted by atomic mass is 10.2. The van der Waals surface area contributed by atoms with Crippen LogP contribution in [0, 0.1) is 0 Å². The minimum absolute atomic E-state index is 0.225. The molecule has 2 rings (SSSR count). The highest BCUT2D eigenvalue weighted by molar-refractivity contribution is 9.10. The molecule has 0 spiro atoms. The molecule has 1 aromatic carbocycles. The second kappa shape index (κ2) is 5.31. The van der Waals surface area contributed by atoms with E-state index in [1.807, 2.05) is 12.1 Å². The first-order valence-electron chi connectivity index (χ1n) is 5.41. The topological polar surface area (TPSA) is 55.4 Å². The Balaban J connectivity index is 2.04. The molecular formula is C12H12BrNO3. The lowest BCUT2D eigenvalue weighted by Gasteiger charge is -2.15. The van der Waals surface area contributed by atoms with Crippen molar-refractivity contribution in [3.05, 3.63) is 28.7 Å². The maximum atomic E-state index is 11.6. The fraction of sp³-hybridized carbons (Fsp3) is 0.333. The molecule has 90 valence electrons. The van der Waals surface area contributed by atoms with E-state index in [1.54, 1.807) is 12.1 Å². The highest BCUT2D eigenvalue weighted by Crippen LogP contribution is 2.19. The third-order valence-corrected chi connectivity index (χ3v) is 3.05. The quantitative estimate of drug-likeness (QED) is 0.850. The van der Waals surface area contributed by atoms with Crippen LogP contribution in [0.2, 0.25) is 0 Å². The van der Waals surface area contributed by atoms with Gasteiger partial charge in [-0.05, 0) is 37.1 Å². The second-order valence-corrected chi connectivity index (χ2v) is 4.78. The van der Waals surface area contributed by atoms with Gasteiger partial charge >= 0.3 is 0 Å². The van der Waals surface area contributed by atoms with Crippen LogP contribution < -0.4 is 10.1 Å². The summed E-state index contributed by atoms with van der Waals surface area (Å²) in [6.07, 6.45) is 1.03. The number of benzene rings is 1. The predicted octanol–water partition coefficient (Wildman–Crippen LogP) is 2.02. The molecular weight excluding hydrogens is 286 g/mol. The Morgan fingerprint density at radius 2 is 1.94 bits per heavy atom. The van der Waals surface area contributed by atoms with Crippen molar-refractivity contribution in [2.45, 2.75) is 25.4 Å².